The van der Waals surface area contributed by atoms with Gasteiger partial charge in [-0.3, -0.25) is 0 Å². The lowest BCUT2D eigenvalue weighted by Crippen LogP contribution is -2.25. The van der Waals surface area contributed by atoms with E-state index in [1.165, 1.54) is 0 Å². The van der Waals surface area contributed by atoms with Gasteiger partial charge in [0, 0.05) is 0 Å². The Bertz CT molecular complexity index is 403. The molecule has 0 radical (unpaired) electrons. The van der Waals surface area contributed by atoms with E-state index in [2.05, 4.69) is 0 Å². The molecule has 1 fully saturated rings. The molecular weight excluding hydrogens is 232 g/mol. The van der Waals surface area contributed by atoms with Crippen molar-refractivity contribution >= 4 is 0 Å². The Labute approximate surface area is 107 Å². The molecule has 0 aromatic heterocycles. The quantitative estimate of drug-likeness (QED) is 0.861. The second kappa shape index (κ2) is 5.59. The molecular formula is C14H20O4. The molecule has 0 saturated heterocycles. The van der Waals surface area contributed by atoms with Gasteiger partial charge in [-0.05, 0) is 43.9 Å². The first-order valence-electron chi connectivity index (χ1n) is 6.32. The van der Waals surface area contributed by atoms with Crippen LogP contribution in [0.5, 0.6) is 11.5 Å². The molecule has 4 heteroatoms. The van der Waals surface area contributed by atoms with Crippen molar-refractivity contribution < 1.29 is 19.7 Å². The Kier molecular flexibility index (Phi) is 4.09. The van der Waals surface area contributed by atoms with Crippen molar-refractivity contribution in [2.45, 2.75) is 44.5 Å². The lowest BCUT2D eigenvalue weighted by Gasteiger charge is -2.19. The van der Waals surface area contributed by atoms with Crippen LogP contribution in [0.15, 0.2) is 18.2 Å². The highest BCUT2D eigenvalue weighted by atomic mass is 16.5. The van der Waals surface area contributed by atoms with Crippen LogP contribution >= 0.6 is 0 Å². The molecule has 2 unspecified atom stereocenters. The Balaban J connectivity index is 2.17. The van der Waals surface area contributed by atoms with Gasteiger partial charge in [0.05, 0.1) is 19.3 Å². The lowest BCUT2D eigenvalue weighted by atomic mass is 10.1. The summed E-state index contributed by atoms with van der Waals surface area (Å²) < 4.78 is 11.1. The van der Waals surface area contributed by atoms with Crippen LogP contribution < -0.4 is 9.47 Å². The summed E-state index contributed by atoms with van der Waals surface area (Å²) in [5, 5.41) is 19.3. The third kappa shape index (κ3) is 2.76. The van der Waals surface area contributed by atoms with Crippen LogP contribution in [0, 0.1) is 0 Å². The summed E-state index contributed by atoms with van der Waals surface area (Å²) >= 11 is 0. The largest absolute Gasteiger partial charge is 0.493 e. The van der Waals surface area contributed by atoms with E-state index < -0.39 is 12.2 Å². The zero-order valence-electron chi connectivity index (χ0n) is 10.8. The van der Waals surface area contributed by atoms with Crippen LogP contribution in [0.1, 0.15) is 37.9 Å². The van der Waals surface area contributed by atoms with E-state index >= 15 is 0 Å². The van der Waals surface area contributed by atoms with Crippen molar-refractivity contribution in [3.05, 3.63) is 23.8 Å². The summed E-state index contributed by atoms with van der Waals surface area (Å²) in [7, 11) is 1.57. The first-order valence-corrected chi connectivity index (χ1v) is 6.32. The second-order valence-corrected chi connectivity index (χ2v) is 4.74. The molecule has 0 heterocycles. The molecule has 0 aliphatic heterocycles. The highest BCUT2D eigenvalue weighted by Crippen LogP contribution is 2.33. The van der Waals surface area contributed by atoms with E-state index in [4.69, 9.17) is 9.47 Å². The van der Waals surface area contributed by atoms with E-state index in [-0.39, 0.29) is 6.10 Å². The van der Waals surface area contributed by atoms with E-state index in [9.17, 15) is 10.2 Å². The number of rotatable bonds is 4. The van der Waals surface area contributed by atoms with Crippen molar-refractivity contribution in [3.8, 4) is 11.5 Å². The number of aliphatic hydroxyl groups is 2. The van der Waals surface area contributed by atoms with Gasteiger partial charge in [0.2, 0.25) is 0 Å². The van der Waals surface area contributed by atoms with Crippen LogP contribution in [-0.4, -0.2) is 29.5 Å². The van der Waals surface area contributed by atoms with Gasteiger partial charge in [0.15, 0.2) is 11.5 Å². The minimum atomic E-state index is -0.537. The first kappa shape index (κ1) is 13.2. The average Bonchev–Trinajstić information content (AvgIpc) is 2.75. The summed E-state index contributed by atoms with van der Waals surface area (Å²) in [6, 6.07) is 5.36. The fraction of sp³-hybridized carbons (Fsp3) is 0.571. The topological polar surface area (TPSA) is 58.9 Å². The smallest absolute Gasteiger partial charge is 0.161 e. The maximum atomic E-state index is 9.75. The molecule has 1 aliphatic carbocycles. The number of benzene rings is 1. The van der Waals surface area contributed by atoms with Crippen LogP contribution in [0.25, 0.3) is 0 Å². The van der Waals surface area contributed by atoms with Gasteiger partial charge in [-0.25, -0.2) is 0 Å². The second-order valence-electron chi connectivity index (χ2n) is 4.74. The summed E-state index contributed by atoms with van der Waals surface area (Å²) in [6.07, 6.45) is 1.55. The van der Waals surface area contributed by atoms with Crippen LogP contribution in [-0.2, 0) is 0 Å². The third-order valence-corrected chi connectivity index (χ3v) is 3.37. The van der Waals surface area contributed by atoms with E-state index in [1.54, 1.807) is 26.2 Å². The number of hydrogen-bond acceptors (Lipinski definition) is 4. The maximum absolute atomic E-state index is 9.75. The number of ether oxygens (including phenoxy) is 2. The van der Waals surface area contributed by atoms with Gasteiger partial charge < -0.3 is 19.7 Å². The first-order chi connectivity index (χ1) is 8.61. The highest BCUT2D eigenvalue weighted by Gasteiger charge is 2.27. The van der Waals surface area contributed by atoms with Crippen molar-refractivity contribution in [1.82, 2.24) is 0 Å². The predicted octanol–water partition coefficient (Wildman–Crippen LogP) is 2.04. The van der Waals surface area contributed by atoms with Crippen molar-refractivity contribution in [1.29, 1.82) is 0 Å². The minimum Gasteiger partial charge on any atom is -0.493 e. The maximum Gasteiger partial charge on any atom is 0.161 e. The molecule has 2 rings (SSSR count). The molecule has 4 nitrogen and oxygen atoms in total. The summed E-state index contributed by atoms with van der Waals surface area (Å²) in [4.78, 5) is 0. The Morgan fingerprint density at radius 3 is 2.61 bits per heavy atom. The summed E-state index contributed by atoms with van der Waals surface area (Å²) in [5.74, 6) is 1.21. The Morgan fingerprint density at radius 2 is 2.06 bits per heavy atom. The van der Waals surface area contributed by atoms with Crippen LogP contribution in [0.2, 0.25) is 0 Å². The molecule has 1 aromatic carbocycles. The zero-order valence-corrected chi connectivity index (χ0v) is 10.8. The number of hydrogen-bond donors (Lipinski definition) is 2. The standard InChI is InChI=1S/C14H20O4/c1-9(15)10-6-7-13(14(8-10)17-2)18-12-5-3-4-11(12)16/h6-9,11-12,15-16H,3-5H2,1-2H3/t9-,11?,12?/m0/s1. The van der Waals surface area contributed by atoms with Crippen molar-refractivity contribution in [3.63, 3.8) is 0 Å². The SMILES string of the molecule is COc1cc([C@H](C)O)ccc1OC1CCCC1O. The van der Waals surface area contributed by atoms with Gasteiger partial charge in [-0.1, -0.05) is 6.07 Å². The van der Waals surface area contributed by atoms with E-state index in [0.29, 0.717) is 11.5 Å². The van der Waals surface area contributed by atoms with Gasteiger partial charge >= 0.3 is 0 Å². The molecule has 18 heavy (non-hydrogen) atoms. The third-order valence-electron chi connectivity index (χ3n) is 3.37. The number of aliphatic hydroxyl groups excluding tert-OH is 2. The predicted molar refractivity (Wildman–Crippen MR) is 67.9 cm³/mol. The van der Waals surface area contributed by atoms with Crippen LogP contribution in [0.3, 0.4) is 0 Å². The van der Waals surface area contributed by atoms with Crippen molar-refractivity contribution in [2.24, 2.45) is 0 Å². The Morgan fingerprint density at radius 1 is 1.28 bits per heavy atom. The highest BCUT2D eigenvalue weighted by molar-refractivity contribution is 5.43. The van der Waals surface area contributed by atoms with Gasteiger partial charge in [-0.2, -0.15) is 0 Å². The summed E-state index contributed by atoms with van der Waals surface area (Å²) in [5.41, 5.74) is 0.783. The van der Waals surface area contributed by atoms with E-state index in [1.807, 2.05) is 6.07 Å². The van der Waals surface area contributed by atoms with Gasteiger partial charge in [0.1, 0.15) is 6.10 Å². The average molecular weight is 252 g/mol. The molecule has 3 atom stereocenters. The molecule has 1 aliphatic rings. The molecule has 1 saturated carbocycles. The fourth-order valence-corrected chi connectivity index (χ4v) is 2.25. The molecule has 1 aromatic rings. The molecule has 100 valence electrons. The lowest BCUT2D eigenvalue weighted by molar-refractivity contribution is 0.0585. The Hall–Kier alpha value is -1.26. The van der Waals surface area contributed by atoms with Gasteiger partial charge in [0.25, 0.3) is 0 Å². The normalized spacial score (nSPS) is 24.9. The van der Waals surface area contributed by atoms with Crippen molar-refractivity contribution in [2.75, 3.05) is 7.11 Å². The van der Waals surface area contributed by atoms with Gasteiger partial charge in [-0.15, -0.1) is 0 Å². The molecule has 2 N–H and O–H groups in total. The molecule has 0 bridgehead atoms. The fourth-order valence-electron chi connectivity index (χ4n) is 2.25. The van der Waals surface area contributed by atoms with E-state index in [0.717, 1.165) is 24.8 Å². The van der Waals surface area contributed by atoms with Crippen LogP contribution in [0.4, 0.5) is 0 Å². The summed E-state index contributed by atoms with van der Waals surface area (Å²) in [6.45, 7) is 1.70. The zero-order chi connectivity index (χ0) is 13.1. The molecule has 0 amide bonds. The molecule has 0 spiro atoms. The monoisotopic (exact) mass is 252 g/mol. The number of methoxy groups -OCH3 is 1. The minimum absolute atomic E-state index is 0.156.